The van der Waals surface area contributed by atoms with Crippen LogP contribution in [0.5, 0.6) is 0 Å². The van der Waals surface area contributed by atoms with Crippen molar-refractivity contribution in [3.05, 3.63) is 35.7 Å². The highest BCUT2D eigenvalue weighted by Gasteiger charge is 2.14. The van der Waals surface area contributed by atoms with Crippen molar-refractivity contribution in [3.8, 4) is 11.3 Å². The smallest absolute Gasteiger partial charge is 0.263 e. The van der Waals surface area contributed by atoms with Gasteiger partial charge in [-0.05, 0) is 6.42 Å². The summed E-state index contributed by atoms with van der Waals surface area (Å²) in [6.45, 7) is 2.02. The van der Waals surface area contributed by atoms with Crippen molar-refractivity contribution < 1.29 is 8.78 Å². The van der Waals surface area contributed by atoms with Crippen molar-refractivity contribution in [1.82, 2.24) is 9.66 Å². The Bertz CT molecular complexity index is 561. The standard InChI is InChI=1S/C13H16F2N4/c1-2-3-10-18-11(13(16)19(10)17)8-4-6-9(7-5-8)12(14)15/h4-7,12H,2-3,16-17H2,1H3. The van der Waals surface area contributed by atoms with E-state index in [2.05, 4.69) is 4.98 Å². The second kappa shape index (κ2) is 5.26. The molecule has 0 aliphatic rings. The van der Waals surface area contributed by atoms with Gasteiger partial charge in [0, 0.05) is 17.5 Å². The molecular weight excluding hydrogens is 250 g/mol. The van der Waals surface area contributed by atoms with E-state index in [1.54, 1.807) is 12.1 Å². The summed E-state index contributed by atoms with van der Waals surface area (Å²) in [7, 11) is 0. The zero-order valence-corrected chi connectivity index (χ0v) is 10.6. The summed E-state index contributed by atoms with van der Waals surface area (Å²) in [6, 6.07) is 5.90. The summed E-state index contributed by atoms with van der Waals surface area (Å²) in [4.78, 5) is 4.37. The highest BCUT2D eigenvalue weighted by Crippen LogP contribution is 2.27. The number of halogens is 2. The van der Waals surface area contributed by atoms with Gasteiger partial charge in [-0.3, -0.25) is 0 Å². The van der Waals surface area contributed by atoms with Crippen molar-refractivity contribution >= 4 is 5.82 Å². The summed E-state index contributed by atoms with van der Waals surface area (Å²) < 4.78 is 26.3. The van der Waals surface area contributed by atoms with Crippen LogP contribution in [0, 0.1) is 0 Å². The number of benzene rings is 1. The van der Waals surface area contributed by atoms with E-state index in [4.69, 9.17) is 11.6 Å². The van der Waals surface area contributed by atoms with Gasteiger partial charge in [0.15, 0.2) is 5.82 Å². The molecule has 0 saturated heterocycles. The third-order valence-electron chi connectivity index (χ3n) is 2.93. The quantitative estimate of drug-likeness (QED) is 0.836. The fourth-order valence-electron chi connectivity index (χ4n) is 1.89. The molecule has 2 rings (SSSR count). The molecule has 4 N–H and O–H groups in total. The molecule has 0 fully saturated rings. The van der Waals surface area contributed by atoms with Gasteiger partial charge in [0.05, 0.1) is 0 Å². The Morgan fingerprint density at radius 3 is 2.42 bits per heavy atom. The normalized spacial score (nSPS) is 11.2. The SMILES string of the molecule is CCCc1nc(-c2ccc(C(F)F)cc2)c(N)n1N. The number of aromatic nitrogens is 2. The van der Waals surface area contributed by atoms with Gasteiger partial charge in [-0.25, -0.2) is 18.4 Å². The van der Waals surface area contributed by atoms with Gasteiger partial charge < -0.3 is 11.6 Å². The molecule has 4 nitrogen and oxygen atoms in total. The van der Waals surface area contributed by atoms with Crippen LogP contribution in [0.4, 0.5) is 14.6 Å². The maximum Gasteiger partial charge on any atom is 0.263 e. The molecule has 0 bridgehead atoms. The Morgan fingerprint density at radius 1 is 1.26 bits per heavy atom. The number of nitrogens with two attached hydrogens (primary N) is 2. The first-order chi connectivity index (χ1) is 9.04. The molecule has 1 heterocycles. The number of hydrogen-bond donors (Lipinski definition) is 2. The molecule has 0 atom stereocenters. The zero-order chi connectivity index (χ0) is 14.0. The van der Waals surface area contributed by atoms with Crippen molar-refractivity contribution in [3.63, 3.8) is 0 Å². The maximum atomic E-state index is 12.5. The Hall–Kier alpha value is -2.11. The largest absolute Gasteiger partial charge is 0.382 e. The number of nitrogen functional groups attached to an aromatic ring is 2. The van der Waals surface area contributed by atoms with Crippen LogP contribution in [-0.2, 0) is 6.42 Å². The first kappa shape index (κ1) is 13.3. The molecule has 0 saturated carbocycles. The Morgan fingerprint density at radius 2 is 1.89 bits per heavy atom. The van der Waals surface area contributed by atoms with Gasteiger partial charge in [0.1, 0.15) is 11.5 Å². The molecule has 102 valence electrons. The van der Waals surface area contributed by atoms with Crippen LogP contribution < -0.4 is 11.6 Å². The number of hydrogen-bond acceptors (Lipinski definition) is 3. The van der Waals surface area contributed by atoms with Gasteiger partial charge in [-0.2, -0.15) is 0 Å². The van der Waals surface area contributed by atoms with E-state index in [0.717, 1.165) is 12.8 Å². The summed E-state index contributed by atoms with van der Waals surface area (Å²) in [5, 5.41) is 0. The molecule has 0 unspecified atom stereocenters. The van der Waals surface area contributed by atoms with Crippen LogP contribution in [0.15, 0.2) is 24.3 Å². The second-order valence-corrected chi connectivity index (χ2v) is 4.30. The Kier molecular flexibility index (Phi) is 3.69. The highest BCUT2D eigenvalue weighted by molar-refractivity contribution is 5.71. The van der Waals surface area contributed by atoms with Crippen LogP contribution in [0.25, 0.3) is 11.3 Å². The fraction of sp³-hybridized carbons (Fsp3) is 0.308. The van der Waals surface area contributed by atoms with E-state index in [-0.39, 0.29) is 5.56 Å². The van der Waals surface area contributed by atoms with Crippen molar-refractivity contribution in [2.75, 3.05) is 11.6 Å². The monoisotopic (exact) mass is 266 g/mol. The van der Waals surface area contributed by atoms with Crippen LogP contribution in [-0.4, -0.2) is 9.66 Å². The maximum absolute atomic E-state index is 12.5. The van der Waals surface area contributed by atoms with E-state index in [9.17, 15) is 8.78 Å². The van der Waals surface area contributed by atoms with Gasteiger partial charge in [0.2, 0.25) is 0 Å². The van der Waals surface area contributed by atoms with Crippen LogP contribution in [0.3, 0.4) is 0 Å². The highest BCUT2D eigenvalue weighted by atomic mass is 19.3. The van der Waals surface area contributed by atoms with Gasteiger partial charge in [-0.15, -0.1) is 0 Å². The molecule has 0 aliphatic heterocycles. The van der Waals surface area contributed by atoms with E-state index < -0.39 is 6.43 Å². The van der Waals surface area contributed by atoms with Crippen molar-refractivity contribution in [1.29, 1.82) is 0 Å². The Labute approximate surface area is 110 Å². The van der Waals surface area contributed by atoms with E-state index >= 15 is 0 Å². The predicted octanol–water partition coefficient (Wildman–Crippen LogP) is 2.74. The lowest BCUT2D eigenvalue weighted by Gasteiger charge is -2.02. The number of anilines is 1. The minimum absolute atomic E-state index is 0.0247. The molecule has 0 aliphatic carbocycles. The summed E-state index contributed by atoms with van der Waals surface area (Å²) in [6.07, 6.45) is -0.859. The zero-order valence-electron chi connectivity index (χ0n) is 10.6. The third-order valence-corrected chi connectivity index (χ3v) is 2.93. The van der Waals surface area contributed by atoms with Crippen LogP contribution >= 0.6 is 0 Å². The molecule has 2 aromatic rings. The van der Waals surface area contributed by atoms with E-state index in [1.165, 1.54) is 16.8 Å². The minimum atomic E-state index is -2.48. The molecule has 0 spiro atoms. The van der Waals surface area contributed by atoms with Crippen molar-refractivity contribution in [2.24, 2.45) is 0 Å². The van der Waals surface area contributed by atoms with Gasteiger partial charge in [-0.1, -0.05) is 31.2 Å². The number of imidazole rings is 1. The van der Waals surface area contributed by atoms with Gasteiger partial charge >= 0.3 is 0 Å². The number of rotatable bonds is 4. The molecular formula is C13H16F2N4. The molecule has 0 radical (unpaired) electrons. The van der Waals surface area contributed by atoms with Gasteiger partial charge in [0.25, 0.3) is 6.43 Å². The first-order valence-corrected chi connectivity index (χ1v) is 6.05. The number of aryl methyl sites for hydroxylation is 1. The lowest BCUT2D eigenvalue weighted by atomic mass is 10.1. The fourth-order valence-corrected chi connectivity index (χ4v) is 1.89. The minimum Gasteiger partial charge on any atom is -0.382 e. The third kappa shape index (κ3) is 2.52. The Balaban J connectivity index is 2.38. The lowest BCUT2D eigenvalue weighted by molar-refractivity contribution is 0.151. The average Bonchev–Trinajstić information content (AvgIpc) is 2.68. The molecule has 1 aromatic carbocycles. The molecule has 6 heteroatoms. The van der Waals surface area contributed by atoms with E-state index in [0.29, 0.717) is 22.9 Å². The number of nitrogens with zero attached hydrogens (tertiary/aromatic N) is 2. The van der Waals surface area contributed by atoms with Crippen LogP contribution in [0.1, 0.15) is 31.2 Å². The second-order valence-electron chi connectivity index (χ2n) is 4.30. The summed E-state index contributed by atoms with van der Waals surface area (Å²) in [5.74, 6) is 6.84. The molecule has 19 heavy (non-hydrogen) atoms. The predicted molar refractivity (Wildman–Crippen MR) is 71.2 cm³/mol. The summed E-state index contributed by atoms with van der Waals surface area (Å²) in [5.41, 5.74) is 7.08. The average molecular weight is 266 g/mol. The van der Waals surface area contributed by atoms with Crippen LogP contribution in [0.2, 0.25) is 0 Å². The number of alkyl halides is 2. The lowest BCUT2D eigenvalue weighted by Crippen LogP contribution is -2.15. The van der Waals surface area contributed by atoms with E-state index in [1.807, 2.05) is 6.92 Å². The topological polar surface area (TPSA) is 69.9 Å². The van der Waals surface area contributed by atoms with Crippen molar-refractivity contribution in [2.45, 2.75) is 26.2 Å². The molecule has 1 aromatic heterocycles. The molecule has 0 amide bonds. The summed E-state index contributed by atoms with van der Waals surface area (Å²) >= 11 is 0. The first-order valence-electron chi connectivity index (χ1n) is 6.05.